The third-order valence-corrected chi connectivity index (χ3v) is 2.31. The van der Waals surface area contributed by atoms with Gasteiger partial charge in [-0.25, -0.2) is 4.98 Å². The number of aryl methyl sites for hydroxylation is 3. The summed E-state index contributed by atoms with van der Waals surface area (Å²) in [5.74, 6) is 1.66. The lowest BCUT2D eigenvalue weighted by atomic mass is 10.1. The number of aromatic nitrogens is 1. The van der Waals surface area contributed by atoms with Crippen LogP contribution in [0, 0.1) is 20.8 Å². The summed E-state index contributed by atoms with van der Waals surface area (Å²) in [5.41, 5.74) is 3.83. The minimum absolute atomic E-state index is 0.774. The molecule has 2 nitrogen and oxygen atoms in total. The summed E-state index contributed by atoms with van der Waals surface area (Å²) in [6, 6.07) is 6.52. The first-order chi connectivity index (χ1) is 7.13. The molecule has 0 saturated carbocycles. The van der Waals surface area contributed by atoms with E-state index in [-0.39, 0.29) is 0 Å². The number of nitrogens with zero attached hydrogens (tertiary/aromatic N) is 1. The average Bonchev–Trinajstić information content (AvgIpc) is 2.49. The largest absolute Gasteiger partial charge is 0.446 e. The number of hydrogen-bond donors (Lipinski definition) is 0. The van der Waals surface area contributed by atoms with Gasteiger partial charge in [-0.1, -0.05) is 29.3 Å². The van der Waals surface area contributed by atoms with Crippen molar-refractivity contribution < 1.29 is 4.42 Å². The van der Waals surface area contributed by atoms with Gasteiger partial charge in [0.15, 0.2) is 5.89 Å². The van der Waals surface area contributed by atoms with E-state index >= 15 is 0 Å². The van der Waals surface area contributed by atoms with Crippen LogP contribution in [0.3, 0.4) is 0 Å². The summed E-state index contributed by atoms with van der Waals surface area (Å²) in [5, 5.41) is 0. The molecule has 2 aromatic rings. The monoisotopic (exact) mass is 201 g/mol. The highest BCUT2D eigenvalue weighted by molar-refractivity contribution is 5.30. The van der Waals surface area contributed by atoms with E-state index in [0.29, 0.717) is 0 Å². The van der Waals surface area contributed by atoms with E-state index in [9.17, 15) is 0 Å². The molecule has 1 aromatic heterocycles. The Morgan fingerprint density at radius 1 is 1.07 bits per heavy atom. The van der Waals surface area contributed by atoms with Crippen LogP contribution < -0.4 is 0 Å². The third-order valence-electron chi connectivity index (χ3n) is 2.31. The number of rotatable bonds is 2. The van der Waals surface area contributed by atoms with Crippen LogP contribution in [0.2, 0.25) is 0 Å². The van der Waals surface area contributed by atoms with Crippen molar-refractivity contribution in [2.75, 3.05) is 0 Å². The fraction of sp³-hybridized carbons (Fsp3) is 0.308. The maximum absolute atomic E-state index is 5.46. The standard InChI is InChI=1S/C13H15NO/c1-9-4-10(2)6-12(5-9)7-13-14-8-11(3)15-13/h4-6,8H,7H2,1-3H3. The molecule has 0 aliphatic rings. The Morgan fingerprint density at radius 2 is 1.73 bits per heavy atom. The molecule has 2 heteroatoms. The van der Waals surface area contributed by atoms with E-state index in [1.54, 1.807) is 6.20 Å². The van der Waals surface area contributed by atoms with Crippen molar-refractivity contribution in [3.8, 4) is 0 Å². The van der Waals surface area contributed by atoms with E-state index in [0.717, 1.165) is 18.1 Å². The van der Waals surface area contributed by atoms with Gasteiger partial charge < -0.3 is 4.42 Å². The lowest BCUT2D eigenvalue weighted by Crippen LogP contribution is -1.90. The molecular formula is C13H15NO. The van der Waals surface area contributed by atoms with E-state index < -0.39 is 0 Å². The molecule has 0 spiro atoms. The Labute approximate surface area is 90.0 Å². The van der Waals surface area contributed by atoms with Crippen molar-refractivity contribution in [3.05, 3.63) is 52.7 Å². The molecule has 0 radical (unpaired) electrons. The zero-order valence-electron chi connectivity index (χ0n) is 9.37. The number of hydrogen-bond acceptors (Lipinski definition) is 2. The SMILES string of the molecule is Cc1cc(C)cc(Cc2ncc(C)o2)c1. The van der Waals surface area contributed by atoms with Gasteiger partial charge in [0.25, 0.3) is 0 Å². The highest BCUT2D eigenvalue weighted by Gasteiger charge is 2.03. The minimum Gasteiger partial charge on any atom is -0.446 e. The topological polar surface area (TPSA) is 26.0 Å². The quantitative estimate of drug-likeness (QED) is 0.745. The Bertz CT molecular complexity index is 451. The summed E-state index contributed by atoms with van der Waals surface area (Å²) >= 11 is 0. The third kappa shape index (κ3) is 2.46. The second-order valence-corrected chi connectivity index (χ2v) is 4.04. The molecule has 0 aliphatic heterocycles. The zero-order valence-corrected chi connectivity index (χ0v) is 9.37. The molecule has 1 aromatic carbocycles. The van der Waals surface area contributed by atoms with Crippen LogP contribution in [0.1, 0.15) is 28.3 Å². The molecular weight excluding hydrogens is 186 g/mol. The molecule has 0 aliphatic carbocycles. The fourth-order valence-electron chi connectivity index (χ4n) is 1.83. The van der Waals surface area contributed by atoms with Gasteiger partial charge in [0.2, 0.25) is 0 Å². The van der Waals surface area contributed by atoms with E-state index in [1.165, 1.54) is 16.7 Å². The molecule has 0 amide bonds. The molecule has 0 atom stereocenters. The molecule has 0 N–H and O–H groups in total. The minimum atomic E-state index is 0.774. The Kier molecular flexibility index (Phi) is 2.58. The lowest BCUT2D eigenvalue weighted by molar-refractivity contribution is 0.481. The molecule has 1 heterocycles. The first kappa shape index (κ1) is 9.97. The second-order valence-electron chi connectivity index (χ2n) is 4.04. The lowest BCUT2D eigenvalue weighted by Gasteiger charge is -2.02. The van der Waals surface area contributed by atoms with Gasteiger partial charge in [-0.15, -0.1) is 0 Å². The van der Waals surface area contributed by atoms with Gasteiger partial charge in [-0.2, -0.15) is 0 Å². The summed E-state index contributed by atoms with van der Waals surface area (Å²) in [6.07, 6.45) is 2.54. The molecule has 0 fully saturated rings. The zero-order chi connectivity index (χ0) is 10.8. The smallest absolute Gasteiger partial charge is 0.198 e. The molecule has 15 heavy (non-hydrogen) atoms. The summed E-state index contributed by atoms with van der Waals surface area (Å²) in [4.78, 5) is 4.20. The van der Waals surface area contributed by atoms with Crippen LogP contribution in [0.25, 0.3) is 0 Å². The maximum Gasteiger partial charge on any atom is 0.198 e. The van der Waals surface area contributed by atoms with Crippen LogP contribution in [0.5, 0.6) is 0 Å². The summed E-state index contributed by atoms with van der Waals surface area (Å²) < 4.78 is 5.46. The summed E-state index contributed by atoms with van der Waals surface area (Å²) in [6.45, 7) is 6.13. The maximum atomic E-state index is 5.46. The van der Waals surface area contributed by atoms with Gasteiger partial charge in [0.05, 0.1) is 6.20 Å². The van der Waals surface area contributed by atoms with Crippen LogP contribution in [0.15, 0.2) is 28.8 Å². The van der Waals surface area contributed by atoms with Crippen molar-refractivity contribution in [1.29, 1.82) is 0 Å². The van der Waals surface area contributed by atoms with Crippen LogP contribution in [-0.2, 0) is 6.42 Å². The molecule has 0 saturated heterocycles. The Morgan fingerprint density at radius 3 is 2.27 bits per heavy atom. The van der Waals surface area contributed by atoms with Crippen LogP contribution in [0.4, 0.5) is 0 Å². The van der Waals surface area contributed by atoms with Crippen LogP contribution in [-0.4, -0.2) is 4.98 Å². The Hall–Kier alpha value is -1.57. The number of oxazole rings is 1. The predicted molar refractivity (Wildman–Crippen MR) is 60.0 cm³/mol. The predicted octanol–water partition coefficient (Wildman–Crippen LogP) is 3.19. The number of benzene rings is 1. The molecule has 0 unspecified atom stereocenters. The summed E-state index contributed by atoms with van der Waals surface area (Å²) in [7, 11) is 0. The van der Waals surface area contributed by atoms with Gasteiger partial charge in [0, 0.05) is 6.42 Å². The molecule has 0 bridgehead atoms. The van der Waals surface area contributed by atoms with Gasteiger partial charge >= 0.3 is 0 Å². The van der Waals surface area contributed by atoms with Gasteiger partial charge in [0.1, 0.15) is 5.76 Å². The van der Waals surface area contributed by atoms with Gasteiger partial charge in [-0.05, 0) is 26.3 Å². The highest BCUT2D eigenvalue weighted by atomic mass is 16.3. The van der Waals surface area contributed by atoms with E-state index in [4.69, 9.17) is 4.42 Å². The molecule has 78 valence electrons. The van der Waals surface area contributed by atoms with Crippen molar-refractivity contribution in [2.24, 2.45) is 0 Å². The first-order valence-electron chi connectivity index (χ1n) is 5.12. The fourth-order valence-corrected chi connectivity index (χ4v) is 1.83. The molecule has 2 rings (SSSR count). The highest BCUT2D eigenvalue weighted by Crippen LogP contribution is 2.13. The first-order valence-corrected chi connectivity index (χ1v) is 5.12. The van der Waals surface area contributed by atoms with E-state index in [1.807, 2.05) is 6.92 Å². The van der Waals surface area contributed by atoms with Crippen molar-refractivity contribution in [2.45, 2.75) is 27.2 Å². The van der Waals surface area contributed by atoms with Crippen molar-refractivity contribution in [1.82, 2.24) is 4.98 Å². The van der Waals surface area contributed by atoms with Crippen molar-refractivity contribution >= 4 is 0 Å². The normalized spacial score (nSPS) is 10.6. The van der Waals surface area contributed by atoms with E-state index in [2.05, 4.69) is 37.0 Å². The average molecular weight is 201 g/mol. The van der Waals surface area contributed by atoms with Crippen molar-refractivity contribution in [3.63, 3.8) is 0 Å². The Balaban J connectivity index is 2.24. The van der Waals surface area contributed by atoms with Crippen LogP contribution >= 0.6 is 0 Å². The van der Waals surface area contributed by atoms with Gasteiger partial charge in [-0.3, -0.25) is 0 Å². The second kappa shape index (κ2) is 3.89.